The SMILES string of the molecule is CCCCCCCCCCCCCCC(O)CN(CCN(C)CCC(=O)N(C)CCN(C)C(=O)CCN(C)CCN(CC(CCC)CCCCCCCCCCCCCC)CC(CCCCCCCCCCCCCC)OI)CC(O)CCCCCCCCCCCCCC. The molecule has 0 saturated carbocycles. The van der Waals surface area contributed by atoms with Gasteiger partial charge < -0.3 is 32.9 Å². The molecule has 0 aliphatic carbocycles. The first kappa shape index (κ1) is 94.4. The smallest absolute Gasteiger partial charge is 0.223 e. The zero-order valence-corrected chi connectivity index (χ0v) is 67.7. The molecule has 568 valence electrons. The van der Waals surface area contributed by atoms with Gasteiger partial charge >= 0.3 is 0 Å². The van der Waals surface area contributed by atoms with Crippen molar-refractivity contribution in [2.24, 2.45) is 5.92 Å². The van der Waals surface area contributed by atoms with Crippen LogP contribution in [-0.4, -0.2) is 176 Å². The van der Waals surface area contributed by atoms with E-state index >= 15 is 0 Å². The van der Waals surface area contributed by atoms with Crippen molar-refractivity contribution in [2.45, 2.75) is 412 Å². The van der Waals surface area contributed by atoms with Gasteiger partial charge in [0, 0.05) is 105 Å². The summed E-state index contributed by atoms with van der Waals surface area (Å²) in [5.74, 6) is 0.929. The van der Waals surface area contributed by atoms with Crippen LogP contribution >= 0.6 is 23.0 Å². The molecule has 0 fully saturated rings. The average molecular weight is 1460 g/mol. The summed E-state index contributed by atoms with van der Waals surface area (Å²) < 4.78 is 6.21. The highest BCUT2D eigenvalue weighted by Crippen LogP contribution is 2.23. The Morgan fingerprint density at radius 2 is 0.558 bits per heavy atom. The van der Waals surface area contributed by atoms with Gasteiger partial charge in [0.25, 0.3) is 0 Å². The van der Waals surface area contributed by atoms with Crippen molar-refractivity contribution in [1.29, 1.82) is 0 Å². The number of rotatable bonds is 78. The summed E-state index contributed by atoms with van der Waals surface area (Å²) in [5.41, 5.74) is 0. The third-order valence-electron chi connectivity index (χ3n) is 21.0. The summed E-state index contributed by atoms with van der Waals surface area (Å²) in [6.45, 7) is 20.6. The van der Waals surface area contributed by atoms with Gasteiger partial charge in [-0.3, -0.25) is 19.4 Å². The molecule has 0 bridgehead atoms. The highest BCUT2D eigenvalue weighted by Gasteiger charge is 2.22. The summed E-state index contributed by atoms with van der Waals surface area (Å²) >= 11 is 2.18. The lowest BCUT2D eigenvalue weighted by Gasteiger charge is -2.32. The van der Waals surface area contributed by atoms with Crippen LogP contribution in [0.3, 0.4) is 0 Å². The molecule has 11 nitrogen and oxygen atoms in total. The number of halogens is 1. The molecule has 0 rings (SSSR count). The summed E-state index contributed by atoms with van der Waals surface area (Å²) in [7, 11) is 8.02. The highest BCUT2D eigenvalue weighted by molar-refractivity contribution is 14.1. The van der Waals surface area contributed by atoms with Gasteiger partial charge in [-0.15, -0.1) is 0 Å². The molecule has 4 unspecified atom stereocenters. The fourth-order valence-electron chi connectivity index (χ4n) is 14.1. The van der Waals surface area contributed by atoms with Crippen LogP contribution in [0.25, 0.3) is 0 Å². The van der Waals surface area contributed by atoms with E-state index in [0.29, 0.717) is 58.0 Å². The Hall–Kier alpha value is -0.610. The Kier molecular flexibility index (Phi) is 72.7. The Balaban J connectivity index is 5.24. The van der Waals surface area contributed by atoms with E-state index in [1.165, 1.54) is 315 Å². The Bertz CT molecular complexity index is 1530. The number of aliphatic hydroxyl groups is 2. The van der Waals surface area contributed by atoms with Crippen LogP contribution in [0, 0.1) is 5.92 Å². The number of aliphatic hydroxyl groups excluding tert-OH is 2. The second-order valence-corrected chi connectivity index (χ2v) is 31.1. The van der Waals surface area contributed by atoms with Crippen LogP contribution in [0.4, 0.5) is 0 Å². The minimum absolute atomic E-state index is 0.0917. The Labute approximate surface area is 608 Å². The average Bonchev–Trinajstić information content (AvgIpc) is 3.72. The predicted octanol–water partition coefficient (Wildman–Crippen LogP) is 22.4. The van der Waals surface area contributed by atoms with Crippen molar-refractivity contribution in [3.8, 4) is 0 Å². The molecule has 0 spiro atoms. The number of likely N-dealkylation sites (N-methyl/N-ethyl adjacent to an activating group) is 4. The Morgan fingerprint density at radius 1 is 0.295 bits per heavy atom. The molecule has 0 saturated heterocycles. The molecule has 0 aliphatic rings. The number of nitrogens with zero attached hydrogens (tertiary/aromatic N) is 6. The van der Waals surface area contributed by atoms with Gasteiger partial charge in [0.05, 0.1) is 18.3 Å². The number of carbonyl (C=O) groups is 2. The third-order valence-corrected chi connectivity index (χ3v) is 21.7. The lowest BCUT2D eigenvalue weighted by molar-refractivity contribution is -0.133. The van der Waals surface area contributed by atoms with E-state index < -0.39 is 12.2 Å². The van der Waals surface area contributed by atoms with Crippen LogP contribution in [0.15, 0.2) is 0 Å². The molecule has 12 heteroatoms. The number of hydrogen-bond acceptors (Lipinski definition) is 9. The normalized spacial score (nSPS) is 13.3. The number of unbranched alkanes of at least 4 members (excludes halogenated alkanes) is 44. The second-order valence-electron chi connectivity index (χ2n) is 30.6. The van der Waals surface area contributed by atoms with E-state index in [-0.39, 0.29) is 17.9 Å². The fraction of sp³-hybridized carbons (Fsp3) is 0.976. The molecular weight excluding hydrogens is 1290 g/mol. The highest BCUT2D eigenvalue weighted by atomic mass is 127. The molecule has 95 heavy (non-hydrogen) atoms. The molecule has 4 atom stereocenters. The van der Waals surface area contributed by atoms with E-state index in [1.807, 2.05) is 19.0 Å². The molecule has 0 radical (unpaired) electrons. The summed E-state index contributed by atoms with van der Waals surface area (Å²) in [4.78, 5) is 40.3. The molecule has 2 amide bonds. The molecule has 0 heterocycles. The van der Waals surface area contributed by atoms with Gasteiger partial charge in [-0.1, -0.05) is 349 Å². The summed E-state index contributed by atoms with van der Waals surface area (Å²) in [5, 5.41) is 22.6. The second kappa shape index (κ2) is 73.2. The quantitative estimate of drug-likeness (QED) is 0.0455. The maximum absolute atomic E-state index is 13.6. The van der Waals surface area contributed by atoms with E-state index in [2.05, 4.69) is 91.3 Å². The predicted molar refractivity (Wildman–Crippen MR) is 424 cm³/mol. The van der Waals surface area contributed by atoms with Gasteiger partial charge in [-0.25, -0.2) is 0 Å². The first-order valence-electron chi connectivity index (χ1n) is 42.3. The van der Waals surface area contributed by atoms with Crippen molar-refractivity contribution in [2.75, 3.05) is 107 Å². The molecule has 0 aromatic heterocycles. The molecule has 0 aromatic carbocycles. The number of carbonyl (C=O) groups excluding carboxylic acids is 2. The topological polar surface area (TPSA) is 103 Å². The van der Waals surface area contributed by atoms with Gasteiger partial charge in [-0.2, -0.15) is 0 Å². The van der Waals surface area contributed by atoms with Crippen LogP contribution in [0.5, 0.6) is 0 Å². The molecular formula is C83H169IN6O5. The van der Waals surface area contributed by atoms with Crippen molar-refractivity contribution in [3.63, 3.8) is 0 Å². The van der Waals surface area contributed by atoms with Gasteiger partial charge in [0.2, 0.25) is 11.8 Å². The fourth-order valence-corrected chi connectivity index (χ4v) is 14.5. The summed E-state index contributed by atoms with van der Waals surface area (Å²) in [6.07, 6.45) is 71.5. The van der Waals surface area contributed by atoms with Gasteiger partial charge in [0.1, 0.15) is 23.0 Å². The van der Waals surface area contributed by atoms with E-state index in [1.54, 1.807) is 4.90 Å². The van der Waals surface area contributed by atoms with Crippen LogP contribution in [0.1, 0.15) is 394 Å². The monoisotopic (exact) mass is 1460 g/mol. The lowest BCUT2D eigenvalue weighted by atomic mass is 9.95. The van der Waals surface area contributed by atoms with Crippen molar-refractivity contribution in [3.05, 3.63) is 0 Å². The van der Waals surface area contributed by atoms with Crippen LogP contribution < -0.4 is 0 Å². The van der Waals surface area contributed by atoms with Crippen molar-refractivity contribution < 1.29 is 22.9 Å². The third kappa shape index (κ3) is 65.2. The van der Waals surface area contributed by atoms with Crippen LogP contribution in [-0.2, 0) is 12.7 Å². The van der Waals surface area contributed by atoms with E-state index in [0.717, 1.165) is 71.4 Å². The summed E-state index contributed by atoms with van der Waals surface area (Å²) in [6, 6.07) is 0. The number of amides is 2. The van der Waals surface area contributed by atoms with Crippen molar-refractivity contribution >= 4 is 34.8 Å². The largest absolute Gasteiger partial charge is 0.392 e. The van der Waals surface area contributed by atoms with E-state index in [4.69, 9.17) is 3.07 Å². The van der Waals surface area contributed by atoms with Crippen LogP contribution in [0.2, 0.25) is 0 Å². The molecule has 0 aromatic rings. The van der Waals surface area contributed by atoms with Gasteiger partial charge in [0.15, 0.2) is 0 Å². The first-order chi connectivity index (χ1) is 46.3. The molecule has 0 aliphatic heterocycles. The zero-order valence-electron chi connectivity index (χ0n) is 65.6. The molecule has 2 N–H and O–H groups in total. The zero-order chi connectivity index (χ0) is 69.7. The maximum Gasteiger partial charge on any atom is 0.223 e. The van der Waals surface area contributed by atoms with E-state index in [9.17, 15) is 19.8 Å². The van der Waals surface area contributed by atoms with Gasteiger partial charge in [-0.05, 0) is 52.1 Å². The Morgan fingerprint density at radius 3 is 0.842 bits per heavy atom. The minimum Gasteiger partial charge on any atom is -0.392 e. The first-order valence-corrected chi connectivity index (χ1v) is 43.1. The maximum atomic E-state index is 13.6. The standard InChI is InChI=1S/C83H169IN6O5/c1-10-15-19-23-27-31-35-39-43-47-51-55-60-78(59-14-5)74-89(77-81(95-84)63-58-54-50-46-42-38-34-30-26-22-18-13-4)72-68-85(6)66-64-82(93)87(8)70-71-88(9)83(94)65-67-86(7)69-73-90(75-79(91)61-56-52-48-44-40-36-32-28-24-20-16-11-2)76-80(92)62-57-53-49-45-41-37-33-29-25-21-17-12-3/h78-81,91-92H,10-77H2,1-9H3. The minimum atomic E-state index is -0.399. The van der Waals surface area contributed by atoms with Crippen molar-refractivity contribution in [1.82, 2.24) is 29.4 Å². The number of hydrogen-bond donors (Lipinski definition) is 2. The lowest BCUT2D eigenvalue weighted by Crippen LogP contribution is -2.43.